The van der Waals surface area contributed by atoms with E-state index >= 15 is 0 Å². The average molecular weight is 414 g/mol. The number of carbonyl (C=O) groups is 1. The fourth-order valence-electron chi connectivity index (χ4n) is 2.67. The van der Waals surface area contributed by atoms with Crippen molar-refractivity contribution >= 4 is 40.5 Å². The molecule has 2 aromatic heterocycles. The minimum absolute atomic E-state index is 0.0922. The normalized spacial score (nSPS) is 12.6. The summed E-state index contributed by atoms with van der Waals surface area (Å²) in [6.07, 6.45) is 3.68. The van der Waals surface area contributed by atoms with E-state index < -0.39 is 6.04 Å². The van der Waals surface area contributed by atoms with Crippen LogP contribution in [0.3, 0.4) is 0 Å². The lowest BCUT2D eigenvalue weighted by Gasteiger charge is -2.19. The first-order valence-corrected chi connectivity index (χ1v) is 9.96. The minimum Gasteiger partial charge on any atom is -0.758 e. The van der Waals surface area contributed by atoms with Gasteiger partial charge in [0.1, 0.15) is 5.82 Å². The molecule has 3 rings (SSSR count). The van der Waals surface area contributed by atoms with Gasteiger partial charge in [0, 0.05) is 31.9 Å². The molecule has 0 spiro atoms. The van der Waals surface area contributed by atoms with Crippen molar-refractivity contribution < 1.29 is 13.8 Å². The van der Waals surface area contributed by atoms with E-state index in [9.17, 15) is 9.18 Å². The number of carbonyl (C=O) groups excluding carboxylic acids is 1. The van der Waals surface area contributed by atoms with E-state index in [0.29, 0.717) is 16.5 Å². The molecule has 0 aliphatic rings. The standard InChI is InChI=1S/C21H20FN3OS2/c1-24(2)17-9-11-25(12-10-17)19(20(26)18-4-3-13-28-18)21(27)23-14-15-5-7-16(22)8-6-15/h3-13,19H,14H2,1-2H3/t19-/m0/s1. The Kier molecular flexibility index (Phi) is 6.49. The Morgan fingerprint density at radius 3 is 2.43 bits per heavy atom. The van der Waals surface area contributed by atoms with Crippen molar-refractivity contribution in [3.63, 3.8) is 0 Å². The second-order valence-electron chi connectivity index (χ2n) is 6.42. The first-order chi connectivity index (χ1) is 13.5. The molecule has 0 unspecified atom stereocenters. The van der Waals surface area contributed by atoms with E-state index in [0.717, 1.165) is 11.3 Å². The maximum Gasteiger partial charge on any atom is 0.244 e. The topological polar surface area (TPSA) is 36.5 Å². The van der Waals surface area contributed by atoms with Crippen LogP contribution in [0.15, 0.2) is 71.3 Å². The number of anilines is 1. The molecule has 4 nitrogen and oxygen atoms in total. The number of hydrogen-bond donors (Lipinski definition) is 0. The van der Waals surface area contributed by atoms with E-state index in [4.69, 9.17) is 12.6 Å². The number of hydrogen-bond acceptors (Lipinski definition) is 5. The number of nitrogens with zero attached hydrogens (tertiary/aromatic N) is 3. The highest BCUT2D eigenvalue weighted by Gasteiger charge is 2.29. The molecular weight excluding hydrogens is 393 g/mol. The molecule has 0 radical (unpaired) electrons. The van der Waals surface area contributed by atoms with Gasteiger partial charge in [0.15, 0.2) is 12.4 Å². The quantitative estimate of drug-likeness (QED) is 0.194. The third-order valence-corrected chi connectivity index (χ3v) is 5.46. The molecule has 7 heteroatoms. The Hall–Kier alpha value is -2.64. The lowest BCUT2D eigenvalue weighted by molar-refractivity contribution is -0.691. The van der Waals surface area contributed by atoms with Gasteiger partial charge in [-0.3, -0.25) is 4.79 Å². The van der Waals surface area contributed by atoms with Gasteiger partial charge in [0.05, 0.1) is 11.4 Å². The van der Waals surface area contributed by atoms with Crippen molar-refractivity contribution in [3.8, 4) is 0 Å². The summed E-state index contributed by atoms with van der Waals surface area (Å²) in [4.78, 5) is 20.2. The zero-order chi connectivity index (χ0) is 20.1. The largest absolute Gasteiger partial charge is 0.758 e. The molecule has 1 atom stereocenters. The molecule has 0 amide bonds. The molecule has 0 saturated carbocycles. The highest BCUT2D eigenvalue weighted by atomic mass is 32.1. The summed E-state index contributed by atoms with van der Waals surface area (Å²) in [6.45, 7) is 0.295. The van der Waals surface area contributed by atoms with Gasteiger partial charge in [0.2, 0.25) is 11.8 Å². The van der Waals surface area contributed by atoms with Crippen molar-refractivity contribution in [1.29, 1.82) is 0 Å². The summed E-state index contributed by atoms with van der Waals surface area (Å²) in [5.74, 6) is -0.390. The monoisotopic (exact) mass is 413 g/mol. The number of Topliss-reactive ketones (excluding diaryl/α,β-unsaturated/α-hetero) is 1. The summed E-state index contributed by atoms with van der Waals surface area (Å²) >= 11 is 6.91. The number of aromatic nitrogens is 1. The third-order valence-electron chi connectivity index (χ3n) is 4.23. The molecule has 1 aromatic carbocycles. The van der Waals surface area contributed by atoms with E-state index in [2.05, 4.69) is 4.99 Å². The molecule has 144 valence electrons. The van der Waals surface area contributed by atoms with Gasteiger partial charge in [-0.15, -0.1) is 11.3 Å². The van der Waals surface area contributed by atoms with Gasteiger partial charge < -0.3 is 22.5 Å². The van der Waals surface area contributed by atoms with Crippen LogP contribution in [0.1, 0.15) is 21.3 Å². The lowest BCUT2D eigenvalue weighted by Crippen LogP contribution is -2.47. The van der Waals surface area contributed by atoms with Crippen molar-refractivity contribution in [2.45, 2.75) is 12.6 Å². The lowest BCUT2D eigenvalue weighted by atomic mass is 10.1. The molecule has 0 N–H and O–H groups in total. The van der Waals surface area contributed by atoms with Crippen LogP contribution in [-0.2, 0) is 19.2 Å². The molecular formula is C21H20FN3OS2. The van der Waals surface area contributed by atoms with Crippen LogP contribution in [0.5, 0.6) is 0 Å². The molecule has 0 bridgehead atoms. The maximum absolute atomic E-state index is 13.1. The van der Waals surface area contributed by atoms with Crippen LogP contribution in [-0.4, -0.2) is 24.9 Å². The Morgan fingerprint density at radius 1 is 1.18 bits per heavy atom. The summed E-state index contributed by atoms with van der Waals surface area (Å²) in [7, 11) is 3.91. The maximum atomic E-state index is 13.1. The van der Waals surface area contributed by atoms with Crippen LogP contribution in [0, 0.1) is 5.82 Å². The second kappa shape index (κ2) is 9.03. The van der Waals surface area contributed by atoms with Gasteiger partial charge in [-0.1, -0.05) is 18.2 Å². The van der Waals surface area contributed by atoms with Gasteiger partial charge in [-0.25, -0.2) is 4.39 Å². The van der Waals surface area contributed by atoms with Gasteiger partial charge in [-0.2, -0.15) is 4.57 Å². The van der Waals surface area contributed by atoms with Crippen molar-refractivity contribution in [2.75, 3.05) is 19.0 Å². The molecule has 0 fully saturated rings. The summed E-state index contributed by atoms with van der Waals surface area (Å²) in [5.41, 5.74) is 1.85. The third kappa shape index (κ3) is 4.79. The SMILES string of the molecule is CN(C)c1cc[n+]([C@@H](C(=O)c2cccs2)C([S-])=NCc2ccc(F)cc2)cc1. The van der Waals surface area contributed by atoms with Crippen LogP contribution in [0.2, 0.25) is 0 Å². The van der Waals surface area contributed by atoms with E-state index in [1.807, 2.05) is 55.0 Å². The Bertz CT molecular complexity index is 952. The van der Waals surface area contributed by atoms with Gasteiger partial charge in [0.25, 0.3) is 0 Å². The molecule has 3 aromatic rings. The molecule has 0 saturated heterocycles. The van der Waals surface area contributed by atoms with Crippen LogP contribution in [0.4, 0.5) is 10.1 Å². The summed E-state index contributed by atoms with van der Waals surface area (Å²) in [5, 5.41) is 2.16. The predicted molar refractivity (Wildman–Crippen MR) is 114 cm³/mol. The van der Waals surface area contributed by atoms with E-state index in [1.54, 1.807) is 22.8 Å². The molecule has 0 aliphatic heterocycles. The van der Waals surface area contributed by atoms with Crippen molar-refractivity contribution in [2.24, 2.45) is 4.99 Å². The number of aliphatic imine (C=N–C) groups is 1. The fraction of sp³-hybridized carbons (Fsp3) is 0.190. The smallest absolute Gasteiger partial charge is 0.244 e. The molecule has 28 heavy (non-hydrogen) atoms. The fourth-order valence-corrected chi connectivity index (χ4v) is 3.66. The van der Waals surface area contributed by atoms with Crippen molar-refractivity contribution in [3.05, 3.63) is 82.6 Å². The zero-order valence-electron chi connectivity index (χ0n) is 15.6. The van der Waals surface area contributed by atoms with Crippen LogP contribution in [0.25, 0.3) is 0 Å². The number of thiophene rings is 1. The highest BCUT2D eigenvalue weighted by Crippen LogP contribution is 2.18. The Morgan fingerprint density at radius 2 is 1.86 bits per heavy atom. The molecule has 2 heterocycles. The number of halogens is 1. The highest BCUT2D eigenvalue weighted by molar-refractivity contribution is 7.77. The Balaban J connectivity index is 1.91. The average Bonchev–Trinajstić information content (AvgIpc) is 3.23. The summed E-state index contributed by atoms with van der Waals surface area (Å²) < 4.78 is 14.9. The first kappa shape index (κ1) is 20.1. The summed E-state index contributed by atoms with van der Waals surface area (Å²) in [6, 6.07) is 12.9. The number of pyridine rings is 1. The van der Waals surface area contributed by atoms with Crippen LogP contribution >= 0.6 is 11.3 Å². The van der Waals surface area contributed by atoms with E-state index in [1.165, 1.54) is 23.5 Å². The van der Waals surface area contributed by atoms with E-state index in [-0.39, 0.29) is 11.6 Å². The Labute approximate surface area is 173 Å². The minimum atomic E-state index is -0.703. The number of rotatable bonds is 7. The van der Waals surface area contributed by atoms with Gasteiger partial charge >= 0.3 is 0 Å². The predicted octanol–water partition coefficient (Wildman–Crippen LogP) is 3.81. The number of ketones is 1. The van der Waals surface area contributed by atoms with Crippen LogP contribution < -0.4 is 9.47 Å². The zero-order valence-corrected chi connectivity index (χ0v) is 17.2. The molecule has 0 aliphatic carbocycles. The second-order valence-corrected chi connectivity index (χ2v) is 7.79. The van der Waals surface area contributed by atoms with Crippen molar-refractivity contribution in [1.82, 2.24) is 0 Å². The number of benzene rings is 1. The first-order valence-electron chi connectivity index (χ1n) is 8.67. The van der Waals surface area contributed by atoms with Gasteiger partial charge in [-0.05, 0) is 34.2 Å².